The number of hydrazone groups is 1. The molecule has 17 heavy (non-hydrogen) atoms. The highest BCUT2D eigenvalue weighted by molar-refractivity contribution is 14.1. The number of carbonyl (C=O) groups is 1. The van der Waals surface area contributed by atoms with Crippen molar-refractivity contribution in [2.75, 3.05) is 0 Å². The summed E-state index contributed by atoms with van der Waals surface area (Å²) in [4.78, 5) is 11.7. The number of rotatable bonds is 3. The van der Waals surface area contributed by atoms with Gasteiger partial charge in [-0.15, -0.1) is 0 Å². The molecule has 0 saturated carbocycles. The van der Waals surface area contributed by atoms with Crippen LogP contribution in [0.1, 0.15) is 16.1 Å². The molecule has 0 fully saturated rings. The van der Waals surface area contributed by atoms with E-state index in [1.807, 2.05) is 18.2 Å². The first-order valence-electron chi connectivity index (χ1n) is 4.89. The molecular weight excluding hydrogens is 331 g/mol. The fraction of sp³-hybridized carbons (Fsp3) is 0. The van der Waals surface area contributed by atoms with Crippen LogP contribution in [0.4, 0.5) is 0 Å². The maximum absolute atomic E-state index is 11.7. The van der Waals surface area contributed by atoms with Gasteiger partial charge in [0.25, 0.3) is 5.91 Å². The molecule has 0 aliphatic heterocycles. The van der Waals surface area contributed by atoms with Gasteiger partial charge in [0.2, 0.25) is 0 Å². The molecule has 1 heterocycles. The van der Waals surface area contributed by atoms with Gasteiger partial charge in [0.1, 0.15) is 5.76 Å². The highest BCUT2D eigenvalue weighted by Crippen LogP contribution is 2.10. The lowest BCUT2D eigenvalue weighted by atomic mass is 10.2. The van der Waals surface area contributed by atoms with Crippen molar-refractivity contribution in [1.82, 2.24) is 5.43 Å². The molecule has 1 aromatic carbocycles. The summed E-state index contributed by atoms with van der Waals surface area (Å²) in [6.07, 6.45) is 3.00. The Morgan fingerprint density at radius 3 is 2.82 bits per heavy atom. The summed E-state index contributed by atoms with van der Waals surface area (Å²) in [5.74, 6) is 0.353. The molecule has 1 amide bonds. The van der Waals surface area contributed by atoms with Crippen LogP contribution in [0.25, 0.3) is 0 Å². The molecule has 1 aromatic heterocycles. The quantitative estimate of drug-likeness (QED) is 0.531. The summed E-state index contributed by atoms with van der Waals surface area (Å²) >= 11 is 2.11. The molecule has 5 heteroatoms. The number of nitrogens with zero attached hydrogens (tertiary/aromatic N) is 1. The lowest BCUT2D eigenvalue weighted by Gasteiger charge is -2.01. The third-order valence-corrected chi connectivity index (χ3v) is 2.96. The zero-order valence-corrected chi connectivity index (χ0v) is 10.9. The Balaban J connectivity index is 2.01. The monoisotopic (exact) mass is 340 g/mol. The molecule has 0 spiro atoms. The van der Waals surface area contributed by atoms with Crippen molar-refractivity contribution in [2.45, 2.75) is 0 Å². The Morgan fingerprint density at radius 2 is 2.12 bits per heavy atom. The number of hydrogen-bond donors (Lipinski definition) is 1. The van der Waals surface area contributed by atoms with Crippen molar-refractivity contribution in [3.05, 3.63) is 57.6 Å². The molecule has 0 saturated heterocycles. The second-order valence-corrected chi connectivity index (χ2v) is 4.36. The minimum Gasteiger partial charge on any atom is -0.463 e. The van der Waals surface area contributed by atoms with E-state index in [-0.39, 0.29) is 5.91 Å². The highest BCUT2D eigenvalue weighted by atomic mass is 127. The van der Waals surface area contributed by atoms with Gasteiger partial charge in [0, 0.05) is 3.57 Å². The largest absolute Gasteiger partial charge is 0.463 e. The topological polar surface area (TPSA) is 54.6 Å². The van der Waals surface area contributed by atoms with Crippen LogP contribution in [-0.4, -0.2) is 12.1 Å². The molecule has 2 aromatic rings. The van der Waals surface area contributed by atoms with Crippen LogP contribution in [0.2, 0.25) is 0 Å². The fourth-order valence-corrected chi connectivity index (χ4v) is 1.86. The van der Waals surface area contributed by atoms with Crippen molar-refractivity contribution >= 4 is 34.7 Å². The van der Waals surface area contributed by atoms with E-state index in [2.05, 4.69) is 33.1 Å². The Morgan fingerprint density at radius 1 is 1.29 bits per heavy atom. The molecular formula is C12H9IN2O2. The SMILES string of the molecule is O=C(N/N=C\c1ccco1)c1ccccc1I. The molecule has 0 radical (unpaired) electrons. The maximum Gasteiger partial charge on any atom is 0.272 e. The average Bonchev–Trinajstić information content (AvgIpc) is 2.82. The predicted octanol–water partition coefficient (Wildman–Crippen LogP) is 2.65. The molecule has 0 atom stereocenters. The number of furan rings is 1. The second kappa shape index (κ2) is 5.62. The van der Waals surface area contributed by atoms with Crippen LogP contribution in [-0.2, 0) is 0 Å². The van der Waals surface area contributed by atoms with Crippen LogP contribution < -0.4 is 5.43 Å². The lowest BCUT2D eigenvalue weighted by molar-refractivity contribution is 0.0954. The average molecular weight is 340 g/mol. The predicted molar refractivity (Wildman–Crippen MR) is 72.9 cm³/mol. The van der Waals surface area contributed by atoms with Crippen LogP contribution in [0.5, 0.6) is 0 Å². The van der Waals surface area contributed by atoms with Gasteiger partial charge in [0.15, 0.2) is 0 Å². The third kappa shape index (κ3) is 3.16. The van der Waals surface area contributed by atoms with Gasteiger partial charge in [-0.05, 0) is 46.9 Å². The minimum absolute atomic E-state index is 0.238. The lowest BCUT2D eigenvalue weighted by Crippen LogP contribution is -2.18. The smallest absolute Gasteiger partial charge is 0.272 e. The molecule has 2 rings (SSSR count). The van der Waals surface area contributed by atoms with Crippen molar-refractivity contribution < 1.29 is 9.21 Å². The highest BCUT2D eigenvalue weighted by Gasteiger charge is 2.07. The Labute approximate surface area is 112 Å². The number of carbonyl (C=O) groups excluding carboxylic acids is 1. The van der Waals surface area contributed by atoms with E-state index < -0.39 is 0 Å². The van der Waals surface area contributed by atoms with E-state index >= 15 is 0 Å². The molecule has 0 aliphatic rings. The van der Waals surface area contributed by atoms with E-state index in [0.29, 0.717) is 11.3 Å². The summed E-state index contributed by atoms with van der Waals surface area (Å²) in [5.41, 5.74) is 3.05. The van der Waals surface area contributed by atoms with Crippen LogP contribution in [0.3, 0.4) is 0 Å². The van der Waals surface area contributed by atoms with Gasteiger partial charge in [-0.3, -0.25) is 4.79 Å². The fourth-order valence-electron chi connectivity index (χ4n) is 1.22. The second-order valence-electron chi connectivity index (χ2n) is 3.19. The van der Waals surface area contributed by atoms with Gasteiger partial charge in [-0.25, -0.2) is 5.43 Å². The summed E-state index contributed by atoms with van der Waals surface area (Å²) in [5, 5.41) is 3.81. The van der Waals surface area contributed by atoms with Crippen LogP contribution in [0, 0.1) is 3.57 Å². The summed E-state index contributed by atoms with van der Waals surface area (Å²) < 4.78 is 5.93. The Bertz CT molecular complexity index is 535. The first-order valence-corrected chi connectivity index (χ1v) is 5.96. The minimum atomic E-state index is -0.238. The maximum atomic E-state index is 11.7. The van der Waals surface area contributed by atoms with Crippen LogP contribution >= 0.6 is 22.6 Å². The molecule has 0 bridgehead atoms. The standard InChI is InChI=1S/C12H9IN2O2/c13-11-6-2-1-5-10(11)12(16)15-14-8-9-4-3-7-17-9/h1-8H,(H,15,16)/b14-8-. The molecule has 0 aliphatic carbocycles. The zero-order valence-electron chi connectivity index (χ0n) is 8.76. The first kappa shape index (κ1) is 11.8. The number of halogens is 1. The van der Waals surface area contributed by atoms with E-state index in [0.717, 1.165) is 3.57 Å². The molecule has 86 valence electrons. The number of benzene rings is 1. The van der Waals surface area contributed by atoms with Gasteiger partial charge in [-0.2, -0.15) is 5.10 Å². The third-order valence-electron chi connectivity index (χ3n) is 2.02. The number of hydrogen-bond acceptors (Lipinski definition) is 3. The van der Waals surface area contributed by atoms with Gasteiger partial charge in [-0.1, -0.05) is 12.1 Å². The van der Waals surface area contributed by atoms with Crippen molar-refractivity contribution in [3.8, 4) is 0 Å². The summed E-state index contributed by atoms with van der Waals surface area (Å²) in [7, 11) is 0. The van der Waals surface area contributed by atoms with Crippen LogP contribution in [0.15, 0.2) is 52.2 Å². The van der Waals surface area contributed by atoms with Crippen molar-refractivity contribution in [1.29, 1.82) is 0 Å². The Kier molecular flexibility index (Phi) is 3.92. The number of nitrogens with one attached hydrogen (secondary N) is 1. The normalized spacial score (nSPS) is 10.6. The zero-order chi connectivity index (χ0) is 12.1. The summed E-state index contributed by atoms with van der Waals surface area (Å²) in [6, 6.07) is 10.8. The number of amides is 1. The van der Waals surface area contributed by atoms with Crippen molar-refractivity contribution in [2.24, 2.45) is 5.10 Å². The van der Waals surface area contributed by atoms with Crippen molar-refractivity contribution in [3.63, 3.8) is 0 Å². The summed E-state index contributed by atoms with van der Waals surface area (Å²) in [6.45, 7) is 0. The molecule has 4 nitrogen and oxygen atoms in total. The van der Waals surface area contributed by atoms with Gasteiger partial charge >= 0.3 is 0 Å². The van der Waals surface area contributed by atoms with E-state index in [4.69, 9.17) is 4.42 Å². The Hall–Kier alpha value is -1.63. The van der Waals surface area contributed by atoms with E-state index in [1.54, 1.807) is 24.5 Å². The molecule has 1 N–H and O–H groups in total. The van der Waals surface area contributed by atoms with E-state index in [1.165, 1.54) is 6.21 Å². The van der Waals surface area contributed by atoms with Gasteiger partial charge in [0.05, 0.1) is 18.0 Å². The van der Waals surface area contributed by atoms with E-state index in [9.17, 15) is 4.79 Å². The van der Waals surface area contributed by atoms with Gasteiger partial charge < -0.3 is 4.42 Å². The molecule has 0 unspecified atom stereocenters. The first-order chi connectivity index (χ1) is 8.27.